The van der Waals surface area contributed by atoms with E-state index in [1.165, 1.54) is 11.3 Å². The quantitative estimate of drug-likeness (QED) is 0.730. The molecule has 1 heterocycles. The smallest absolute Gasteiger partial charge is 0.0692 e. The van der Waals surface area contributed by atoms with Crippen LogP contribution < -0.4 is 0 Å². The molecular formula is C14H24N2. The number of hydrogen-bond donors (Lipinski definition) is 0. The average molecular weight is 220 g/mol. The minimum absolute atomic E-state index is 0.514. The van der Waals surface area contributed by atoms with Gasteiger partial charge in [-0.25, -0.2) is 4.68 Å². The Hall–Kier alpha value is -1.31. The Labute approximate surface area is 99.7 Å². The van der Waals surface area contributed by atoms with Crippen molar-refractivity contribution in [1.29, 1.82) is 0 Å². The highest BCUT2D eigenvalue weighted by atomic mass is 15.3. The second-order valence-electron chi connectivity index (χ2n) is 3.57. The Balaban J connectivity index is 0.00000106. The monoisotopic (exact) mass is 220 g/mol. The second kappa shape index (κ2) is 7.91. The van der Waals surface area contributed by atoms with Crippen LogP contribution in [0.4, 0.5) is 0 Å². The molecular weight excluding hydrogens is 196 g/mol. The molecule has 1 aromatic heterocycles. The van der Waals surface area contributed by atoms with Gasteiger partial charge in [-0.15, -0.1) is 0 Å². The predicted molar refractivity (Wildman–Crippen MR) is 73.4 cm³/mol. The van der Waals surface area contributed by atoms with Gasteiger partial charge >= 0.3 is 0 Å². The van der Waals surface area contributed by atoms with E-state index in [9.17, 15) is 0 Å². The number of allylic oxidation sites excluding steroid dienone is 2. The van der Waals surface area contributed by atoms with Gasteiger partial charge < -0.3 is 0 Å². The first-order valence-corrected chi connectivity index (χ1v) is 6.03. The zero-order valence-corrected chi connectivity index (χ0v) is 11.4. The van der Waals surface area contributed by atoms with Crippen molar-refractivity contribution < 1.29 is 0 Å². The maximum absolute atomic E-state index is 4.32. The summed E-state index contributed by atoms with van der Waals surface area (Å²) in [4.78, 5) is 0. The topological polar surface area (TPSA) is 17.8 Å². The Morgan fingerprint density at radius 3 is 2.25 bits per heavy atom. The summed E-state index contributed by atoms with van der Waals surface area (Å²) in [6.07, 6.45) is 10.1. The van der Waals surface area contributed by atoms with Crippen LogP contribution in [0.25, 0.3) is 12.3 Å². The summed E-state index contributed by atoms with van der Waals surface area (Å²) >= 11 is 0. The van der Waals surface area contributed by atoms with Crippen molar-refractivity contribution in [3.63, 3.8) is 0 Å². The van der Waals surface area contributed by atoms with Gasteiger partial charge in [0.1, 0.15) is 0 Å². The molecule has 0 fully saturated rings. The Kier molecular flexibility index (Phi) is 7.27. The van der Waals surface area contributed by atoms with E-state index in [0.29, 0.717) is 5.92 Å². The third-order valence-corrected chi connectivity index (χ3v) is 2.10. The van der Waals surface area contributed by atoms with Gasteiger partial charge in [-0.3, -0.25) is 0 Å². The van der Waals surface area contributed by atoms with E-state index in [1.54, 1.807) is 0 Å². The van der Waals surface area contributed by atoms with Gasteiger partial charge in [0.25, 0.3) is 0 Å². The fourth-order valence-corrected chi connectivity index (χ4v) is 1.42. The molecule has 1 rings (SSSR count). The Morgan fingerprint density at radius 1 is 1.19 bits per heavy atom. The standard InChI is InChI=1S/C12H18N2.C2H6/c1-5-7-12-11(10(3)4)9-13-14(12)8-6-2;1-2/h5-10H,1-4H3;1-2H3/b7-5-,8-6-;. The molecule has 0 spiro atoms. The van der Waals surface area contributed by atoms with Crippen molar-refractivity contribution >= 4 is 12.3 Å². The molecule has 0 aromatic carbocycles. The highest BCUT2D eigenvalue weighted by molar-refractivity contribution is 5.53. The van der Waals surface area contributed by atoms with E-state index in [2.05, 4.69) is 25.0 Å². The lowest BCUT2D eigenvalue weighted by atomic mass is 10.0. The lowest BCUT2D eigenvalue weighted by Crippen LogP contribution is -1.94. The van der Waals surface area contributed by atoms with E-state index in [4.69, 9.17) is 0 Å². The van der Waals surface area contributed by atoms with Crippen LogP contribution in [0.2, 0.25) is 0 Å². The molecule has 0 aliphatic carbocycles. The van der Waals surface area contributed by atoms with Crippen LogP contribution in [0.5, 0.6) is 0 Å². The van der Waals surface area contributed by atoms with Crippen molar-refractivity contribution in [2.75, 3.05) is 0 Å². The van der Waals surface area contributed by atoms with E-state index in [1.807, 2.05) is 56.9 Å². The van der Waals surface area contributed by atoms with Gasteiger partial charge in [0.15, 0.2) is 0 Å². The molecule has 0 saturated carbocycles. The zero-order chi connectivity index (χ0) is 12.6. The highest BCUT2D eigenvalue weighted by Gasteiger charge is 2.09. The number of nitrogens with zero attached hydrogens (tertiary/aromatic N) is 2. The molecule has 0 unspecified atom stereocenters. The molecule has 0 aliphatic rings. The Bertz CT molecular complexity index is 344. The van der Waals surface area contributed by atoms with Crippen LogP contribution in [0.15, 0.2) is 18.3 Å². The third kappa shape index (κ3) is 3.69. The summed E-state index contributed by atoms with van der Waals surface area (Å²) in [5.74, 6) is 0.514. The van der Waals surface area contributed by atoms with Gasteiger partial charge in [0.2, 0.25) is 0 Å². The zero-order valence-electron chi connectivity index (χ0n) is 11.4. The molecule has 0 aliphatic heterocycles. The molecule has 0 bridgehead atoms. The first-order chi connectivity index (χ1) is 7.70. The van der Waals surface area contributed by atoms with Crippen molar-refractivity contribution in [3.8, 4) is 0 Å². The first kappa shape index (κ1) is 14.7. The van der Waals surface area contributed by atoms with Crippen LogP contribution in [0, 0.1) is 0 Å². The van der Waals surface area contributed by atoms with Crippen molar-refractivity contribution in [1.82, 2.24) is 9.78 Å². The summed E-state index contributed by atoms with van der Waals surface area (Å²) < 4.78 is 1.91. The predicted octanol–water partition coefficient (Wildman–Crippen LogP) is 4.56. The number of hydrogen-bond acceptors (Lipinski definition) is 1. The minimum Gasteiger partial charge on any atom is -0.241 e. The van der Waals surface area contributed by atoms with Crippen molar-refractivity contribution in [2.24, 2.45) is 0 Å². The minimum atomic E-state index is 0.514. The molecule has 0 saturated heterocycles. The summed E-state index contributed by atoms with van der Waals surface area (Å²) in [6.45, 7) is 12.4. The molecule has 0 N–H and O–H groups in total. The maximum Gasteiger partial charge on any atom is 0.0692 e. The molecule has 2 heteroatoms. The van der Waals surface area contributed by atoms with Crippen LogP contribution in [0.1, 0.15) is 58.7 Å². The lowest BCUT2D eigenvalue weighted by molar-refractivity contribution is 0.860. The third-order valence-electron chi connectivity index (χ3n) is 2.10. The van der Waals surface area contributed by atoms with Gasteiger partial charge in [-0.2, -0.15) is 5.10 Å². The second-order valence-corrected chi connectivity index (χ2v) is 3.57. The summed E-state index contributed by atoms with van der Waals surface area (Å²) in [5.41, 5.74) is 2.47. The average Bonchev–Trinajstić information content (AvgIpc) is 2.66. The van der Waals surface area contributed by atoms with Crippen LogP contribution in [0.3, 0.4) is 0 Å². The van der Waals surface area contributed by atoms with Crippen molar-refractivity contribution in [2.45, 2.75) is 47.5 Å². The van der Waals surface area contributed by atoms with Gasteiger partial charge in [0, 0.05) is 11.8 Å². The molecule has 0 atom stereocenters. The van der Waals surface area contributed by atoms with Crippen LogP contribution >= 0.6 is 0 Å². The van der Waals surface area contributed by atoms with Crippen LogP contribution in [-0.4, -0.2) is 9.78 Å². The number of rotatable bonds is 3. The fraction of sp³-hybridized carbons (Fsp3) is 0.500. The first-order valence-electron chi connectivity index (χ1n) is 6.03. The normalized spacial score (nSPS) is 11.2. The van der Waals surface area contributed by atoms with Gasteiger partial charge in [-0.05, 0) is 25.8 Å². The number of aromatic nitrogens is 2. The summed E-state index contributed by atoms with van der Waals surface area (Å²) in [6, 6.07) is 0. The van der Waals surface area contributed by atoms with Gasteiger partial charge in [-0.1, -0.05) is 39.8 Å². The summed E-state index contributed by atoms with van der Waals surface area (Å²) in [7, 11) is 0. The fourth-order valence-electron chi connectivity index (χ4n) is 1.42. The van der Waals surface area contributed by atoms with E-state index >= 15 is 0 Å². The molecule has 16 heavy (non-hydrogen) atoms. The molecule has 2 nitrogen and oxygen atoms in total. The van der Waals surface area contributed by atoms with E-state index < -0.39 is 0 Å². The van der Waals surface area contributed by atoms with Crippen LogP contribution in [-0.2, 0) is 0 Å². The van der Waals surface area contributed by atoms with E-state index in [0.717, 1.165) is 0 Å². The maximum atomic E-state index is 4.32. The SMILES string of the molecule is C/C=C\c1c(C(C)C)cnn1/C=C\C.CC. The molecule has 1 aromatic rings. The van der Waals surface area contributed by atoms with Crippen molar-refractivity contribution in [3.05, 3.63) is 29.6 Å². The lowest BCUT2D eigenvalue weighted by Gasteiger charge is -2.04. The largest absolute Gasteiger partial charge is 0.241 e. The van der Waals surface area contributed by atoms with Gasteiger partial charge in [0.05, 0.1) is 11.9 Å². The molecule has 0 amide bonds. The summed E-state index contributed by atoms with van der Waals surface area (Å²) in [5, 5.41) is 4.32. The highest BCUT2D eigenvalue weighted by Crippen LogP contribution is 2.20. The van der Waals surface area contributed by atoms with E-state index in [-0.39, 0.29) is 0 Å². The Morgan fingerprint density at radius 2 is 1.81 bits per heavy atom. The molecule has 0 radical (unpaired) electrons. The molecule has 90 valence electrons.